The molecule has 1 aliphatic carbocycles. The Hall–Kier alpha value is -2.92. The van der Waals surface area contributed by atoms with Gasteiger partial charge in [0.05, 0.1) is 11.3 Å². The largest absolute Gasteiger partial charge is 0.310 e. The van der Waals surface area contributed by atoms with Crippen LogP contribution in [0.5, 0.6) is 0 Å². The Morgan fingerprint density at radius 1 is 1.06 bits per heavy atom. The van der Waals surface area contributed by atoms with Crippen LogP contribution in [0.2, 0.25) is 5.02 Å². The van der Waals surface area contributed by atoms with E-state index in [1.54, 1.807) is 23.7 Å². The number of carbonyl (C=O) groups excluding carboxylic acids is 1. The highest BCUT2D eigenvalue weighted by Gasteiger charge is 2.25. The Labute approximate surface area is 187 Å². The van der Waals surface area contributed by atoms with Crippen LogP contribution in [0.1, 0.15) is 43.4 Å². The molecule has 1 aliphatic rings. The highest BCUT2D eigenvalue weighted by Crippen LogP contribution is 2.30. The zero-order valence-corrected chi connectivity index (χ0v) is 18.6. The van der Waals surface area contributed by atoms with Crippen LogP contribution in [-0.2, 0) is 4.79 Å². The number of hydrogen-bond donors (Lipinski definition) is 1. The smallest absolute Gasteiger partial charge is 0.228 e. The van der Waals surface area contributed by atoms with E-state index in [0.29, 0.717) is 27.8 Å². The van der Waals surface area contributed by atoms with Crippen molar-refractivity contribution in [2.75, 3.05) is 5.32 Å². The van der Waals surface area contributed by atoms with E-state index >= 15 is 0 Å². The van der Waals surface area contributed by atoms with Gasteiger partial charge in [0.25, 0.3) is 0 Å². The molecule has 1 fully saturated rings. The lowest BCUT2D eigenvalue weighted by Crippen LogP contribution is -2.29. The Morgan fingerprint density at radius 2 is 1.77 bits per heavy atom. The van der Waals surface area contributed by atoms with Gasteiger partial charge in [-0.25, -0.2) is 4.68 Å². The number of hydrogen-bond acceptors (Lipinski definition) is 3. The average molecular weight is 436 g/mol. The minimum atomic E-state index is -0.193. The number of carbonyl (C=O) groups is 1. The third-order valence-corrected chi connectivity index (χ3v) is 6.10. The molecule has 1 saturated carbocycles. The van der Waals surface area contributed by atoms with Gasteiger partial charge in [-0.3, -0.25) is 9.59 Å². The Kier molecular flexibility index (Phi) is 6.23. The monoisotopic (exact) mass is 435 g/mol. The molecule has 0 spiro atoms. The lowest BCUT2D eigenvalue weighted by molar-refractivity contribution is -0.120. The first-order valence-electron chi connectivity index (χ1n) is 10.7. The van der Waals surface area contributed by atoms with Gasteiger partial charge in [-0.15, -0.1) is 0 Å². The van der Waals surface area contributed by atoms with E-state index in [1.165, 1.54) is 0 Å². The summed E-state index contributed by atoms with van der Waals surface area (Å²) in [5, 5.41) is 8.14. The van der Waals surface area contributed by atoms with Crippen molar-refractivity contribution >= 4 is 23.3 Å². The molecule has 0 radical (unpaired) electrons. The van der Waals surface area contributed by atoms with Gasteiger partial charge in [0.15, 0.2) is 0 Å². The molecule has 2 aromatic carbocycles. The summed E-state index contributed by atoms with van der Waals surface area (Å²) >= 11 is 6.23. The highest BCUT2D eigenvalue weighted by atomic mass is 35.5. The van der Waals surface area contributed by atoms with Crippen LogP contribution in [0.15, 0.2) is 53.3 Å². The second-order valence-corrected chi connectivity index (χ2v) is 8.66. The van der Waals surface area contributed by atoms with Crippen molar-refractivity contribution in [1.82, 2.24) is 9.78 Å². The molecule has 0 bridgehead atoms. The highest BCUT2D eigenvalue weighted by molar-refractivity contribution is 6.30. The fourth-order valence-electron chi connectivity index (χ4n) is 4.12. The SMILES string of the molecule is Cc1ccc(-c2c(NC(=O)C3CCCCC3)n(-c3cccc(Cl)c3)nc(C)c2=O)cc1. The molecule has 0 aliphatic heterocycles. The van der Waals surface area contributed by atoms with Crippen LogP contribution in [0.25, 0.3) is 16.8 Å². The normalized spacial score (nSPS) is 14.4. The standard InChI is InChI=1S/C25H26ClN3O2/c1-16-11-13-18(14-12-16)22-23(30)17(2)28-29(21-10-6-9-20(26)15-21)24(22)27-25(31)19-7-4-3-5-8-19/h6,9-15,19H,3-5,7-8H2,1-2H3,(H,27,31). The summed E-state index contributed by atoms with van der Waals surface area (Å²) in [6, 6.07) is 15.0. The number of nitrogens with zero attached hydrogens (tertiary/aromatic N) is 2. The van der Waals surface area contributed by atoms with Gasteiger partial charge < -0.3 is 5.32 Å². The maximum atomic E-state index is 13.2. The van der Waals surface area contributed by atoms with E-state index in [2.05, 4.69) is 10.4 Å². The summed E-state index contributed by atoms with van der Waals surface area (Å²) < 4.78 is 1.62. The number of amides is 1. The van der Waals surface area contributed by atoms with Gasteiger partial charge >= 0.3 is 0 Å². The molecule has 5 nitrogen and oxygen atoms in total. The maximum Gasteiger partial charge on any atom is 0.228 e. The van der Waals surface area contributed by atoms with Gasteiger partial charge in [-0.1, -0.05) is 66.8 Å². The summed E-state index contributed by atoms with van der Waals surface area (Å²) in [6.45, 7) is 3.69. The third kappa shape index (κ3) is 4.57. The van der Waals surface area contributed by atoms with Crippen LogP contribution in [0, 0.1) is 19.8 Å². The third-order valence-electron chi connectivity index (χ3n) is 5.86. The summed E-state index contributed by atoms with van der Waals surface area (Å²) in [4.78, 5) is 26.4. The molecule has 0 unspecified atom stereocenters. The van der Waals surface area contributed by atoms with Crippen LogP contribution >= 0.6 is 11.6 Å². The molecule has 1 heterocycles. The number of halogens is 1. The second kappa shape index (κ2) is 9.06. The van der Waals surface area contributed by atoms with Crippen LogP contribution in [0.3, 0.4) is 0 Å². The van der Waals surface area contributed by atoms with E-state index in [1.807, 2.05) is 43.3 Å². The van der Waals surface area contributed by atoms with Crippen molar-refractivity contribution in [3.63, 3.8) is 0 Å². The minimum absolute atomic E-state index is 0.0520. The van der Waals surface area contributed by atoms with Crippen molar-refractivity contribution in [2.24, 2.45) is 5.92 Å². The molecule has 1 N–H and O–H groups in total. The van der Waals surface area contributed by atoms with Gasteiger partial charge in [-0.05, 0) is 50.5 Å². The van der Waals surface area contributed by atoms with Gasteiger partial charge in [-0.2, -0.15) is 5.10 Å². The average Bonchev–Trinajstić information content (AvgIpc) is 2.78. The molecule has 1 aromatic heterocycles. The Bertz CT molecular complexity index is 1160. The van der Waals surface area contributed by atoms with E-state index in [-0.39, 0.29) is 17.3 Å². The molecule has 6 heteroatoms. The van der Waals surface area contributed by atoms with Crippen LogP contribution < -0.4 is 10.7 Å². The van der Waals surface area contributed by atoms with E-state index in [4.69, 9.17) is 11.6 Å². The number of anilines is 1. The first-order chi connectivity index (χ1) is 14.9. The molecular formula is C25H26ClN3O2. The van der Waals surface area contributed by atoms with E-state index < -0.39 is 0 Å². The molecule has 0 atom stereocenters. The quantitative estimate of drug-likeness (QED) is 0.572. The Balaban J connectivity index is 1.91. The number of aryl methyl sites for hydroxylation is 2. The minimum Gasteiger partial charge on any atom is -0.310 e. The first-order valence-corrected chi connectivity index (χ1v) is 11.1. The summed E-state index contributed by atoms with van der Waals surface area (Å²) in [7, 11) is 0. The summed E-state index contributed by atoms with van der Waals surface area (Å²) in [6.07, 6.45) is 5.00. The lowest BCUT2D eigenvalue weighted by Gasteiger charge is -2.23. The van der Waals surface area contributed by atoms with Crippen molar-refractivity contribution in [3.8, 4) is 16.8 Å². The molecule has 160 valence electrons. The molecular weight excluding hydrogens is 410 g/mol. The van der Waals surface area contributed by atoms with E-state index in [0.717, 1.165) is 43.2 Å². The lowest BCUT2D eigenvalue weighted by atomic mass is 9.88. The van der Waals surface area contributed by atoms with Crippen molar-refractivity contribution in [2.45, 2.75) is 46.0 Å². The summed E-state index contributed by atoms with van der Waals surface area (Å²) in [5.41, 5.74) is 3.13. The Morgan fingerprint density at radius 3 is 2.45 bits per heavy atom. The zero-order valence-electron chi connectivity index (χ0n) is 17.8. The van der Waals surface area contributed by atoms with Gasteiger partial charge in [0, 0.05) is 10.9 Å². The van der Waals surface area contributed by atoms with Gasteiger partial charge in [0.1, 0.15) is 11.5 Å². The van der Waals surface area contributed by atoms with E-state index in [9.17, 15) is 9.59 Å². The van der Waals surface area contributed by atoms with Crippen LogP contribution in [0.4, 0.5) is 5.82 Å². The topological polar surface area (TPSA) is 64.0 Å². The molecule has 31 heavy (non-hydrogen) atoms. The zero-order chi connectivity index (χ0) is 22.0. The number of benzene rings is 2. The van der Waals surface area contributed by atoms with Crippen molar-refractivity contribution in [3.05, 3.63) is 75.0 Å². The van der Waals surface area contributed by atoms with Crippen molar-refractivity contribution < 1.29 is 4.79 Å². The van der Waals surface area contributed by atoms with Gasteiger partial charge in [0.2, 0.25) is 11.3 Å². The fraction of sp³-hybridized carbons (Fsp3) is 0.320. The molecule has 4 rings (SSSR count). The van der Waals surface area contributed by atoms with Crippen LogP contribution in [-0.4, -0.2) is 15.7 Å². The molecule has 0 saturated heterocycles. The summed E-state index contributed by atoms with van der Waals surface area (Å²) in [5.74, 6) is 0.273. The predicted molar refractivity (Wildman–Crippen MR) is 125 cm³/mol. The maximum absolute atomic E-state index is 13.2. The molecule has 1 amide bonds. The number of aromatic nitrogens is 2. The number of nitrogens with one attached hydrogen (secondary N) is 1. The number of rotatable bonds is 4. The van der Waals surface area contributed by atoms with Crippen molar-refractivity contribution in [1.29, 1.82) is 0 Å². The first kappa shape index (κ1) is 21.3. The molecule has 3 aromatic rings. The second-order valence-electron chi connectivity index (χ2n) is 8.22. The predicted octanol–water partition coefficient (Wildman–Crippen LogP) is 5.69. The fourth-order valence-corrected chi connectivity index (χ4v) is 4.31.